The van der Waals surface area contributed by atoms with Crippen molar-refractivity contribution in [3.63, 3.8) is 0 Å². The van der Waals surface area contributed by atoms with Crippen LogP contribution in [-0.2, 0) is 16.0 Å². The number of carbonyl (C=O) groups excluding carboxylic acids is 2. The summed E-state index contributed by atoms with van der Waals surface area (Å²) < 4.78 is 26.1. The Morgan fingerprint density at radius 1 is 1.39 bits per heavy atom. The minimum Gasteiger partial charge on any atom is -0.503 e. The molecule has 98 valence electrons. The van der Waals surface area contributed by atoms with Crippen molar-refractivity contribution in [3.05, 3.63) is 29.3 Å². The molecule has 0 aromatic heterocycles. The first kappa shape index (κ1) is 13.9. The van der Waals surface area contributed by atoms with Crippen molar-refractivity contribution in [1.29, 1.82) is 0 Å². The van der Waals surface area contributed by atoms with E-state index in [4.69, 9.17) is 10.8 Å². The fourth-order valence-corrected chi connectivity index (χ4v) is 1.44. The maximum atomic E-state index is 13.1. The van der Waals surface area contributed by atoms with Crippen LogP contribution in [0.15, 0.2) is 12.1 Å². The van der Waals surface area contributed by atoms with Crippen LogP contribution >= 0.6 is 0 Å². The van der Waals surface area contributed by atoms with Gasteiger partial charge in [-0.15, -0.1) is 0 Å². The monoisotopic (exact) mass is 258 g/mol. The van der Waals surface area contributed by atoms with Gasteiger partial charge in [-0.2, -0.15) is 0 Å². The standard InChI is InChI=1S/C11H12F2N2O3/c1-5(16)15-9(11(14)18)4-6-2-7(12)10(17)8(13)3-6/h2-3,9,17H,4H2,1H3,(H2,14,18)(H,15,16)/t9-/m0/s1. The lowest BCUT2D eigenvalue weighted by molar-refractivity contribution is -0.126. The number of carbonyl (C=O) groups is 2. The highest BCUT2D eigenvalue weighted by Gasteiger charge is 2.19. The minimum absolute atomic E-state index is 0.0975. The van der Waals surface area contributed by atoms with Crippen molar-refractivity contribution >= 4 is 11.8 Å². The molecule has 1 rings (SSSR count). The molecule has 1 aromatic rings. The fraction of sp³-hybridized carbons (Fsp3) is 0.273. The molecule has 7 heteroatoms. The molecule has 0 radical (unpaired) electrons. The third kappa shape index (κ3) is 3.41. The summed E-state index contributed by atoms with van der Waals surface area (Å²) in [7, 11) is 0. The Morgan fingerprint density at radius 3 is 2.28 bits per heavy atom. The van der Waals surface area contributed by atoms with Crippen molar-refractivity contribution in [2.24, 2.45) is 5.73 Å². The Labute approximate surface area is 102 Å². The van der Waals surface area contributed by atoms with Crippen LogP contribution in [0.2, 0.25) is 0 Å². The Hall–Kier alpha value is -2.18. The first-order valence-electron chi connectivity index (χ1n) is 5.04. The molecule has 0 aliphatic carbocycles. The normalized spacial score (nSPS) is 11.9. The van der Waals surface area contributed by atoms with E-state index in [1.165, 1.54) is 6.92 Å². The smallest absolute Gasteiger partial charge is 0.240 e. The Balaban J connectivity index is 2.94. The van der Waals surface area contributed by atoms with Crippen LogP contribution in [0.1, 0.15) is 12.5 Å². The summed E-state index contributed by atoms with van der Waals surface area (Å²) in [5, 5.41) is 11.2. The summed E-state index contributed by atoms with van der Waals surface area (Å²) in [5.41, 5.74) is 5.15. The fourth-order valence-electron chi connectivity index (χ4n) is 1.44. The molecular weight excluding hydrogens is 246 g/mol. The lowest BCUT2D eigenvalue weighted by Gasteiger charge is -2.14. The first-order valence-corrected chi connectivity index (χ1v) is 5.04. The minimum atomic E-state index is -1.14. The second kappa shape index (κ2) is 5.44. The number of hydrogen-bond acceptors (Lipinski definition) is 3. The van der Waals surface area contributed by atoms with Crippen molar-refractivity contribution < 1.29 is 23.5 Å². The highest BCUT2D eigenvalue weighted by atomic mass is 19.1. The summed E-state index contributed by atoms with van der Waals surface area (Å²) in [6.07, 6.45) is -0.164. The summed E-state index contributed by atoms with van der Waals surface area (Å²) in [5.74, 6) is -4.68. The van der Waals surface area contributed by atoms with Gasteiger partial charge in [-0.25, -0.2) is 8.78 Å². The molecule has 0 unspecified atom stereocenters. The van der Waals surface area contributed by atoms with E-state index < -0.39 is 35.2 Å². The molecular formula is C11H12F2N2O3. The molecule has 0 heterocycles. The van der Waals surface area contributed by atoms with Crippen LogP contribution in [0.4, 0.5) is 8.78 Å². The zero-order valence-corrected chi connectivity index (χ0v) is 9.54. The van der Waals surface area contributed by atoms with Gasteiger partial charge >= 0.3 is 0 Å². The maximum absolute atomic E-state index is 13.1. The van der Waals surface area contributed by atoms with Crippen LogP contribution in [0.5, 0.6) is 5.75 Å². The number of primary amides is 1. The van der Waals surface area contributed by atoms with Crippen molar-refractivity contribution in [2.75, 3.05) is 0 Å². The van der Waals surface area contributed by atoms with Crippen molar-refractivity contribution in [1.82, 2.24) is 5.32 Å². The number of phenols is 1. The number of amides is 2. The van der Waals surface area contributed by atoms with Gasteiger partial charge in [0.2, 0.25) is 11.8 Å². The van der Waals surface area contributed by atoms with Crippen LogP contribution < -0.4 is 11.1 Å². The molecule has 5 nitrogen and oxygen atoms in total. The Kier molecular flexibility index (Phi) is 4.19. The molecule has 1 atom stereocenters. The number of benzene rings is 1. The van der Waals surface area contributed by atoms with E-state index in [1.807, 2.05) is 0 Å². The number of hydrogen-bond donors (Lipinski definition) is 3. The second-order valence-corrected chi connectivity index (χ2v) is 3.77. The average Bonchev–Trinajstić information content (AvgIpc) is 2.24. The lowest BCUT2D eigenvalue weighted by atomic mass is 10.0. The average molecular weight is 258 g/mol. The van der Waals surface area contributed by atoms with Crippen LogP contribution in [-0.4, -0.2) is 23.0 Å². The van der Waals surface area contributed by atoms with Gasteiger partial charge in [0.1, 0.15) is 6.04 Å². The van der Waals surface area contributed by atoms with Gasteiger partial charge in [0, 0.05) is 13.3 Å². The van der Waals surface area contributed by atoms with Gasteiger partial charge in [-0.1, -0.05) is 0 Å². The third-order valence-corrected chi connectivity index (χ3v) is 2.24. The molecule has 2 amide bonds. The predicted octanol–water partition coefficient (Wildman–Crippen LogP) is 0.203. The van der Waals surface area contributed by atoms with E-state index in [9.17, 15) is 18.4 Å². The Morgan fingerprint density at radius 2 is 1.89 bits per heavy atom. The summed E-state index contributed by atoms with van der Waals surface area (Å²) in [6, 6.07) is 0.678. The van der Waals surface area contributed by atoms with E-state index in [-0.39, 0.29) is 12.0 Å². The molecule has 0 saturated carbocycles. The van der Waals surface area contributed by atoms with Gasteiger partial charge in [-0.3, -0.25) is 9.59 Å². The van der Waals surface area contributed by atoms with Crippen molar-refractivity contribution in [3.8, 4) is 5.75 Å². The number of phenolic OH excluding ortho intramolecular Hbond substituents is 1. The molecule has 0 saturated heterocycles. The first-order chi connectivity index (χ1) is 8.31. The van der Waals surface area contributed by atoms with Gasteiger partial charge in [0.25, 0.3) is 0 Å². The van der Waals surface area contributed by atoms with Gasteiger partial charge in [0.05, 0.1) is 0 Å². The van der Waals surface area contributed by atoms with Crippen molar-refractivity contribution in [2.45, 2.75) is 19.4 Å². The highest BCUT2D eigenvalue weighted by Crippen LogP contribution is 2.22. The SMILES string of the molecule is CC(=O)N[C@@H](Cc1cc(F)c(O)c(F)c1)C(N)=O. The second-order valence-electron chi connectivity index (χ2n) is 3.77. The van der Waals surface area contributed by atoms with E-state index >= 15 is 0 Å². The molecule has 4 N–H and O–H groups in total. The molecule has 18 heavy (non-hydrogen) atoms. The lowest BCUT2D eigenvalue weighted by Crippen LogP contribution is -2.45. The number of aromatic hydroxyl groups is 1. The maximum Gasteiger partial charge on any atom is 0.240 e. The zero-order valence-electron chi connectivity index (χ0n) is 9.54. The van der Waals surface area contributed by atoms with E-state index in [2.05, 4.69) is 5.32 Å². The van der Waals surface area contributed by atoms with E-state index in [0.29, 0.717) is 0 Å². The van der Waals surface area contributed by atoms with Gasteiger partial charge < -0.3 is 16.2 Å². The predicted molar refractivity (Wildman–Crippen MR) is 58.5 cm³/mol. The van der Waals surface area contributed by atoms with E-state index in [1.54, 1.807) is 0 Å². The summed E-state index contributed by atoms with van der Waals surface area (Å²) in [6.45, 7) is 1.19. The molecule has 0 aliphatic rings. The van der Waals surface area contributed by atoms with Crippen LogP contribution in [0.25, 0.3) is 0 Å². The number of nitrogens with two attached hydrogens (primary N) is 1. The quantitative estimate of drug-likeness (QED) is 0.720. The molecule has 1 aromatic carbocycles. The van der Waals surface area contributed by atoms with E-state index in [0.717, 1.165) is 12.1 Å². The topological polar surface area (TPSA) is 92.4 Å². The molecule has 0 bridgehead atoms. The highest BCUT2D eigenvalue weighted by molar-refractivity contribution is 5.85. The Bertz CT molecular complexity index is 468. The number of nitrogens with one attached hydrogen (secondary N) is 1. The van der Waals surface area contributed by atoms with Crippen LogP contribution in [0, 0.1) is 11.6 Å². The van der Waals surface area contributed by atoms with Crippen LogP contribution in [0.3, 0.4) is 0 Å². The summed E-state index contributed by atoms with van der Waals surface area (Å²) >= 11 is 0. The third-order valence-electron chi connectivity index (χ3n) is 2.24. The molecule has 0 spiro atoms. The zero-order chi connectivity index (χ0) is 13.9. The number of halogens is 2. The largest absolute Gasteiger partial charge is 0.503 e. The summed E-state index contributed by atoms with van der Waals surface area (Å²) in [4.78, 5) is 21.9. The van der Waals surface area contributed by atoms with Gasteiger partial charge in [0.15, 0.2) is 17.4 Å². The molecule has 0 aliphatic heterocycles. The molecule has 0 fully saturated rings. The van der Waals surface area contributed by atoms with Gasteiger partial charge in [-0.05, 0) is 17.7 Å². The number of rotatable bonds is 4.